The Balaban J connectivity index is 2.40. The molecule has 0 aliphatic rings. The van der Waals surface area contributed by atoms with Crippen LogP contribution in [0.15, 0.2) is 12.3 Å². The molecule has 1 heterocycles. The summed E-state index contributed by atoms with van der Waals surface area (Å²) in [5, 5.41) is 4.03. The Morgan fingerprint density at radius 3 is 2.75 bits per heavy atom. The molecule has 0 amide bonds. The third-order valence-electron chi connectivity index (χ3n) is 2.45. The number of aryl methyl sites for hydroxylation is 1. The monoisotopic (exact) mass is 232 g/mol. The highest BCUT2D eigenvalue weighted by atomic mass is 19.3. The highest BCUT2D eigenvalue weighted by Crippen LogP contribution is 2.02. The van der Waals surface area contributed by atoms with Crippen LogP contribution in [-0.2, 0) is 13.5 Å². The first-order valence-corrected chi connectivity index (χ1v) is 5.31. The molecule has 0 aromatic carbocycles. The van der Waals surface area contributed by atoms with Crippen molar-refractivity contribution >= 4 is 0 Å². The zero-order valence-corrected chi connectivity index (χ0v) is 9.44. The van der Waals surface area contributed by atoms with E-state index < -0.39 is 6.43 Å². The molecule has 0 aliphatic carbocycles. The van der Waals surface area contributed by atoms with E-state index in [4.69, 9.17) is 5.73 Å². The minimum absolute atomic E-state index is 0.213. The fourth-order valence-corrected chi connectivity index (χ4v) is 1.59. The number of nitrogens with two attached hydrogens (primary N) is 1. The highest BCUT2D eigenvalue weighted by molar-refractivity contribution is 5.00. The molecule has 0 fully saturated rings. The van der Waals surface area contributed by atoms with Crippen molar-refractivity contribution in [2.75, 3.05) is 26.2 Å². The van der Waals surface area contributed by atoms with Crippen molar-refractivity contribution in [3.8, 4) is 0 Å². The summed E-state index contributed by atoms with van der Waals surface area (Å²) in [6, 6.07) is 1.89. The second-order valence-corrected chi connectivity index (χ2v) is 3.68. The van der Waals surface area contributed by atoms with Gasteiger partial charge in [0.2, 0.25) is 0 Å². The first kappa shape index (κ1) is 13.1. The van der Waals surface area contributed by atoms with Crippen LogP contribution >= 0.6 is 0 Å². The second kappa shape index (κ2) is 6.55. The fraction of sp³-hybridized carbons (Fsp3) is 0.700. The Morgan fingerprint density at radius 2 is 2.25 bits per heavy atom. The largest absolute Gasteiger partial charge is 0.329 e. The van der Waals surface area contributed by atoms with Crippen LogP contribution in [-0.4, -0.2) is 47.3 Å². The average Bonchev–Trinajstić information content (AvgIpc) is 2.60. The molecular formula is C10H18F2N4. The number of alkyl halides is 2. The molecule has 0 saturated carbocycles. The molecule has 0 atom stereocenters. The van der Waals surface area contributed by atoms with Crippen LogP contribution < -0.4 is 5.73 Å². The summed E-state index contributed by atoms with van der Waals surface area (Å²) in [4.78, 5) is 1.68. The molecule has 4 nitrogen and oxygen atoms in total. The molecular weight excluding hydrogens is 214 g/mol. The first-order valence-electron chi connectivity index (χ1n) is 5.31. The number of halogens is 2. The number of hydrogen-bond donors (Lipinski definition) is 1. The van der Waals surface area contributed by atoms with Crippen LogP contribution in [0.3, 0.4) is 0 Å². The summed E-state index contributed by atoms with van der Waals surface area (Å²) in [6.07, 6.45) is 0.108. The van der Waals surface area contributed by atoms with Gasteiger partial charge in [0.15, 0.2) is 0 Å². The quantitative estimate of drug-likeness (QED) is 0.744. The molecule has 0 aliphatic heterocycles. The maximum atomic E-state index is 12.3. The molecule has 6 heteroatoms. The molecule has 92 valence electrons. The molecule has 1 aromatic rings. The summed E-state index contributed by atoms with van der Waals surface area (Å²) < 4.78 is 26.3. The Hall–Kier alpha value is -1.01. The molecule has 2 N–H and O–H groups in total. The summed E-state index contributed by atoms with van der Waals surface area (Å²) in [6.45, 7) is 1.27. The van der Waals surface area contributed by atoms with E-state index in [-0.39, 0.29) is 6.54 Å². The number of hydrogen-bond acceptors (Lipinski definition) is 3. The van der Waals surface area contributed by atoms with E-state index in [1.54, 1.807) is 15.8 Å². The topological polar surface area (TPSA) is 47.1 Å². The molecule has 16 heavy (non-hydrogen) atoms. The standard InChI is InChI=1S/C10H18F2N4/c1-15-9(2-5-14-15)3-6-16(7-4-13)8-10(11)12/h2,5,10H,3-4,6-8,13H2,1H3. The van der Waals surface area contributed by atoms with Gasteiger partial charge in [-0.3, -0.25) is 9.58 Å². The van der Waals surface area contributed by atoms with E-state index in [0.29, 0.717) is 26.1 Å². The van der Waals surface area contributed by atoms with Crippen LogP contribution in [0.4, 0.5) is 8.78 Å². The average molecular weight is 232 g/mol. The number of aromatic nitrogens is 2. The Bertz CT molecular complexity index is 301. The normalized spacial score (nSPS) is 11.6. The highest BCUT2D eigenvalue weighted by Gasteiger charge is 2.11. The van der Waals surface area contributed by atoms with Gasteiger partial charge in [0.05, 0.1) is 6.54 Å². The zero-order valence-electron chi connectivity index (χ0n) is 9.44. The van der Waals surface area contributed by atoms with Crippen molar-refractivity contribution < 1.29 is 8.78 Å². The van der Waals surface area contributed by atoms with E-state index in [9.17, 15) is 8.78 Å². The van der Waals surface area contributed by atoms with Crippen molar-refractivity contribution in [2.45, 2.75) is 12.8 Å². The minimum Gasteiger partial charge on any atom is -0.329 e. The van der Waals surface area contributed by atoms with E-state index >= 15 is 0 Å². The van der Waals surface area contributed by atoms with Crippen LogP contribution in [0.25, 0.3) is 0 Å². The van der Waals surface area contributed by atoms with Crippen LogP contribution in [0.1, 0.15) is 5.69 Å². The van der Waals surface area contributed by atoms with Gasteiger partial charge in [-0.1, -0.05) is 0 Å². The van der Waals surface area contributed by atoms with E-state index in [0.717, 1.165) is 5.69 Å². The van der Waals surface area contributed by atoms with Crippen LogP contribution in [0.2, 0.25) is 0 Å². The maximum absolute atomic E-state index is 12.3. The van der Waals surface area contributed by atoms with Crippen molar-refractivity contribution in [1.29, 1.82) is 0 Å². The van der Waals surface area contributed by atoms with Crippen LogP contribution in [0, 0.1) is 0 Å². The predicted octanol–water partition coefficient (Wildman–Crippen LogP) is 0.488. The molecule has 0 spiro atoms. The van der Waals surface area contributed by atoms with Crippen molar-refractivity contribution in [3.63, 3.8) is 0 Å². The van der Waals surface area contributed by atoms with Crippen molar-refractivity contribution in [3.05, 3.63) is 18.0 Å². The van der Waals surface area contributed by atoms with Crippen molar-refractivity contribution in [1.82, 2.24) is 14.7 Å². The Morgan fingerprint density at radius 1 is 1.50 bits per heavy atom. The van der Waals surface area contributed by atoms with Gasteiger partial charge in [-0.25, -0.2) is 8.78 Å². The summed E-state index contributed by atoms with van der Waals surface area (Å²) in [5.41, 5.74) is 6.42. The lowest BCUT2D eigenvalue weighted by molar-refractivity contribution is 0.0899. The molecule has 0 saturated heterocycles. The van der Waals surface area contributed by atoms with E-state index in [2.05, 4.69) is 5.10 Å². The lowest BCUT2D eigenvalue weighted by Gasteiger charge is -2.20. The molecule has 1 aromatic heterocycles. The van der Waals surface area contributed by atoms with Gasteiger partial charge in [0, 0.05) is 45.0 Å². The van der Waals surface area contributed by atoms with E-state index in [1.165, 1.54) is 0 Å². The van der Waals surface area contributed by atoms with Crippen molar-refractivity contribution in [2.24, 2.45) is 12.8 Å². The van der Waals surface area contributed by atoms with Crippen LogP contribution in [0.5, 0.6) is 0 Å². The Kier molecular flexibility index (Phi) is 5.34. The SMILES string of the molecule is Cn1nccc1CCN(CCN)CC(F)F. The third-order valence-corrected chi connectivity index (χ3v) is 2.45. The van der Waals surface area contributed by atoms with Gasteiger partial charge in [-0.15, -0.1) is 0 Å². The predicted molar refractivity (Wildman–Crippen MR) is 58.4 cm³/mol. The second-order valence-electron chi connectivity index (χ2n) is 3.68. The van der Waals surface area contributed by atoms with Gasteiger partial charge in [-0.05, 0) is 6.07 Å². The summed E-state index contributed by atoms with van der Waals surface area (Å²) in [5.74, 6) is 0. The number of rotatable bonds is 7. The lowest BCUT2D eigenvalue weighted by Crippen LogP contribution is -2.35. The number of nitrogens with zero attached hydrogens (tertiary/aromatic N) is 3. The molecule has 0 unspecified atom stereocenters. The van der Waals surface area contributed by atoms with Gasteiger partial charge in [0.1, 0.15) is 0 Å². The van der Waals surface area contributed by atoms with Gasteiger partial charge in [0.25, 0.3) is 6.43 Å². The van der Waals surface area contributed by atoms with Gasteiger partial charge in [-0.2, -0.15) is 5.10 Å². The first-order chi connectivity index (χ1) is 7.63. The molecule has 0 bridgehead atoms. The lowest BCUT2D eigenvalue weighted by atomic mass is 10.3. The fourth-order valence-electron chi connectivity index (χ4n) is 1.59. The molecule has 0 radical (unpaired) electrons. The summed E-state index contributed by atoms with van der Waals surface area (Å²) in [7, 11) is 1.84. The summed E-state index contributed by atoms with van der Waals surface area (Å²) >= 11 is 0. The molecule has 1 rings (SSSR count). The zero-order chi connectivity index (χ0) is 12.0. The minimum atomic E-state index is -2.31. The maximum Gasteiger partial charge on any atom is 0.251 e. The van der Waals surface area contributed by atoms with Gasteiger partial charge < -0.3 is 5.73 Å². The van der Waals surface area contributed by atoms with Gasteiger partial charge >= 0.3 is 0 Å². The Labute approximate surface area is 94.0 Å². The third kappa shape index (κ3) is 4.24. The van der Waals surface area contributed by atoms with E-state index in [1.807, 2.05) is 13.1 Å². The smallest absolute Gasteiger partial charge is 0.251 e.